The average molecular weight is 194 g/mol. The molecule has 1 aromatic rings. The van der Waals surface area contributed by atoms with Gasteiger partial charge in [-0.15, -0.1) is 0 Å². The van der Waals surface area contributed by atoms with Crippen LogP contribution in [0.3, 0.4) is 0 Å². The highest BCUT2D eigenvalue weighted by Gasteiger charge is 2.25. The fourth-order valence-electron chi connectivity index (χ4n) is 1.75. The highest BCUT2D eigenvalue weighted by Crippen LogP contribution is 2.26. The van der Waals surface area contributed by atoms with Crippen LogP contribution < -0.4 is 5.32 Å². The van der Waals surface area contributed by atoms with Crippen molar-refractivity contribution in [1.82, 2.24) is 10.3 Å². The Balaban J connectivity index is 1.88. The van der Waals surface area contributed by atoms with Gasteiger partial charge in [0.25, 0.3) is 0 Å². The second-order valence-corrected chi connectivity index (χ2v) is 3.97. The van der Waals surface area contributed by atoms with Gasteiger partial charge in [0.15, 0.2) is 0 Å². The Morgan fingerprint density at radius 3 is 3.00 bits per heavy atom. The summed E-state index contributed by atoms with van der Waals surface area (Å²) in [5.74, 6) is 0.508. The number of hydrogen-bond acceptors (Lipinski definition) is 2. The van der Waals surface area contributed by atoms with Crippen LogP contribution in [0.4, 0.5) is 4.39 Å². The molecular weight excluding hydrogens is 179 g/mol. The molecule has 0 spiro atoms. The maximum atomic E-state index is 13.2. The number of rotatable bonds is 3. The molecule has 1 aliphatic carbocycles. The van der Waals surface area contributed by atoms with E-state index in [-0.39, 0.29) is 5.82 Å². The lowest BCUT2D eigenvalue weighted by Crippen LogP contribution is -2.42. The molecule has 1 N–H and O–H groups in total. The number of nitrogens with zero attached hydrogens (tertiary/aromatic N) is 1. The van der Waals surface area contributed by atoms with Crippen LogP contribution in [-0.4, -0.2) is 11.0 Å². The third-order valence-corrected chi connectivity index (χ3v) is 2.99. The standard InChI is InChI=1S/C11H15FN2/c1-8-4-5-10(8)14-7-11-9(12)3-2-6-13-11/h2-3,6,8,10,14H,4-5,7H2,1H3. The van der Waals surface area contributed by atoms with E-state index in [0.717, 1.165) is 5.92 Å². The van der Waals surface area contributed by atoms with E-state index in [9.17, 15) is 4.39 Å². The minimum absolute atomic E-state index is 0.216. The Labute approximate surface area is 83.6 Å². The minimum atomic E-state index is -0.216. The van der Waals surface area contributed by atoms with E-state index in [1.807, 2.05) is 0 Å². The highest BCUT2D eigenvalue weighted by molar-refractivity contribution is 5.07. The summed E-state index contributed by atoms with van der Waals surface area (Å²) in [6.45, 7) is 2.76. The summed E-state index contributed by atoms with van der Waals surface area (Å²) in [6, 6.07) is 3.62. The molecule has 2 unspecified atom stereocenters. The van der Waals surface area contributed by atoms with E-state index < -0.39 is 0 Å². The number of halogens is 1. The van der Waals surface area contributed by atoms with Crippen molar-refractivity contribution in [2.45, 2.75) is 32.4 Å². The molecule has 0 aromatic carbocycles. The minimum Gasteiger partial charge on any atom is -0.308 e. The second kappa shape index (κ2) is 4.05. The van der Waals surface area contributed by atoms with Crippen molar-refractivity contribution in [2.75, 3.05) is 0 Å². The molecule has 1 saturated carbocycles. The smallest absolute Gasteiger partial charge is 0.146 e. The van der Waals surface area contributed by atoms with Gasteiger partial charge in [0.05, 0.1) is 5.69 Å². The summed E-state index contributed by atoms with van der Waals surface area (Å²) in [5.41, 5.74) is 0.520. The summed E-state index contributed by atoms with van der Waals surface area (Å²) in [6.07, 6.45) is 4.11. The van der Waals surface area contributed by atoms with Gasteiger partial charge < -0.3 is 5.32 Å². The van der Waals surface area contributed by atoms with Crippen molar-refractivity contribution in [2.24, 2.45) is 5.92 Å². The van der Waals surface area contributed by atoms with E-state index in [1.54, 1.807) is 12.3 Å². The molecule has 0 bridgehead atoms. The summed E-state index contributed by atoms with van der Waals surface area (Å²) in [4.78, 5) is 4.00. The largest absolute Gasteiger partial charge is 0.308 e. The lowest BCUT2D eigenvalue weighted by atomic mass is 9.81. The van der Waals surface area contributed by atoms with Crippen LogP contribution in [0.15, 0.2) is 18.3 Å². The zero-order valence-electron chi connectivity index (χ0n) is 8.33. The van der Waals surface area contributed by atoms with Gasteiger partial charge in [0.2, 0.25) is 0 Å². The zero-order valence-corrected chi connectivity index (χ0v) is 8.33. The Morgan fingerprint density at radius 1 is 1.57 bits per heavy atom. The molecule has 1 fully saturated rings. The summed E-state index contributed by atoms with van der Waals surface area (Å²) in [5, 5.41) is 3.32. The van der Waals surface area contributed by atoms with Crippen molar-refractivity contribution in [3.63, 3.8) is 0 Å². The number of nitrogens with one attached hydrogen (secondary N) is 1. The zero-order chi connectivity index (χ0) is 9.97. The van der Waals surface area contributed by atoms with Gasteiger partial charge in [-0.25, -0.2) is 4.39 Å². The van der Waals surface area contributed by atoms with E-state index in [0.29, 0.717) is 18.3 Å². The van der Waals surface area contributed by atoms with Gasteiger partial charge in [-0.2, -0.15) is 0 Å². The molecule has 0 radical (unpaired) electrons. The molecule has 14 heavy (non-hydrogen) atoms. The molecular formula is C11H15FN2. The fourth-order valence-corrected chi connectivity index (χ4v) is 1.75. The Morgan fingerprint density at radius 2 is 2.43 bits per heavy atom. The number of pyridine rings is 1. The quantitative estimate of drug-likeness (QED) is 0.797. The van der Waals surface area contributed by atoms with E-state index in [2.05, 4.69) is 17.2 Å². The second-order valence-electron chi connectivity index (χ2n) is 3.97. The molecule has 2 nitrogen and oxygen atoms in total. The van der Waals surface area contributed by atoms with Crippen molar-refractivity contribution < 1.29 is 4.39 Å². The van der Waals surface area contributed by atoms with Gasteiger partial charge in [0.1, 0.15) is 5.82 Å². The first-order valence-electron chi connectivity index (χ1n) is 5.10. The number of aromatic nitrogens is 1. The molecule has 0 amide bonds. The predicted molar refractivity (Wildman–Crippen MR) is 53.2 cm³/mol. The first-order chi connectivity index (χ1) is 6.77. The van der Waals surface area contributed by atoms with Gasteiger partial charge >= 0.3 is 0 Å². The third kappa shape index (κ3) is 1.93. The lowest BCUT2D eigenvalue weighted by Gasteiger charge is -2.34. The summed E-state index contributed by atoms with van der Waals surface area (Å²) in [7, 11) is 0. The molecule has 0 aliphatic heterocycles. The first-order valence-corrected chi connectivity index (χ1v) is 5.10. The Kier molecular flexibility index (Phi) is 2.77. The maximum absolute atomic E-state index is 13.2. The van der Waals surface area contributed by atoms with Crippen molar-refractivity contribution >= 4 is 0 Å². The fraction of sp³-hybridized carbons (Fsp3) is 0.545. The summed E-state index contributed by atoms with van der Waals surface area (Å²) >= 11 is 0. The third-order valence-electron chi connectivity index (χ3n) is 2.99. The predicted octanol–water partition coefficient (Wildman–Crippen LogP) is 2.11. The van der Waals surface area contributed by atoms with Crippen LogP contribution in [0.25, 0.3) is 0 Å². The van der Waals surface area contributed by atoms with Gasteiger partial charge in [-0.1, -0.05) is 6.92 Å². The van der Waals surface area contributed by atoms with E-state index in [4.69, 9.17) is 0 Å². The van der Waals surface area contributed by atoms with Crippen molar-refractivity contribution in [1.29, 1.82) is 0 Å². The van der Waals surface area contributed by atoms with E-state index in [1.165, 1.54) is 18.9 Å². The molecule has 1 aliphatic rings. The lowest BCUT2D eigenvalue weighted by molar-refractivity contribution is 0.227. The molecule has 76 valence electrons. The molecule has 2 atom stereocenters. The van der Waals surface area contributed by atoms with Crippen molar-refractivity contribution in [3.8, 4) is 0 Å². The molecule has 1 aromatic heterocycles. The first kappa shape index (κ1) is 9.59. The maximum Gasteiger partial charge on any atom is 0.146 e. The van der Waals surface area contributed by atoms with Crippen LogP contribution >= 0.6 is 0 Å². The monoisotopic (exact) mass is 194 g/mol. The summed E-state index contributed by atoms with van der Waals surface area (Å²) < 4.78 is 13.2. The van der Waals surface area contributed by atoms with Crippen LogP contribution in [0.1, 0.15) is 25.5 Å². The Hall–Kier alpha value is -0.960. The van der Waals surface area contributed by atoms with Crippen LogP contribution in [0, 0.1) is 11.7 Å². The van der Waals surface area contributed by atoms with Crippen LogP contribution in [-0.2, 0) is 6.54 Å². The van der Waals surface area contributed by atoms with Gasteiger partial charge in [-0.05, 0) is 30.9 Å². The van der Waals surface area contributed by atoms with Crippen LogP contribution in [0.2, 0.25) is 0 Å². The number of hydrogen-bond donors (Lipinski definition) is 1. The molecule has 3 heteroatoms. The topological polar surface area (TPSA) is 24.9 Å². The van der Waals surface area contributed by atoms with Gasteiger partial charge in [0, 0.05) is 18.8 Å². The average Bonchev–Trinajstić information content (AvgIpc) is 2.19. The van der Waals surface area contributed by atoms with Gasteiger partial charge in [-0.3, -0.25) is 4.98 Å². The Bertz CT molecular complexity index is 314. The normalized spacial score (nSPS) is 25.9. The van der Waals surface area contributed by atoms with E-state index >= 15 is 0 Å². The highest BCUT2D eigenvalue weighted by atomic mass is 19.1. The molecule has 0 saturated heterocycles. The van der Waals surface area contributed by atoms with Crippen LogP contribution in [0.5, 0.6) is 0 Å². The van der Waals surface area contributed by atoms with Crippen molar-refractivity contribution in [3.05, 3.63) is 29.8 Å². The SMILES string of the molecule is CC1CCC1NCc1ncccc1F. The molecule has 1 heterocycles. The molecule has 2 rings (SSSR count).